The summed E-state index contributed by atoms with van der Waals surface area (Å²) in [7, 11) is 0. The topological polar surface area (TPSA) is 38.1 Å². The molecular formula is C17H20ClN3O. The maximum Gasteiger partial charge on any atom is 0.155 e. The monoisotopic (exact) mass is 317 g/mol. The van der Waals surface area contributed by atoms with Crippen molar-refractivity contribution in [2.75, 3.05) is 18.0 Å². The number of hydrogen-bond acceptors (Lipinski definition) is 3. The quantitative estimate of drug-likeness (QED) is 0.785. The van der Waals surface area contributed by atoms with Crippen LogP contribution in [0.1, 0.15) is 42.2 Å². The van der Waals surface area contributed by atoms with Gasteiger partial charge in [0.25, 0.3) is 0 Å². The summed E-state index contributed by atoms with van der Waals surface area (Å²) < 4.78 is 1.88. The zero-order chi connectivity index (χ0) is 15.5. The Labute approximate surface area is 135 Å². The molecule has 2 heterocycles. The Hall–Kier alpha value is -1.81. The van der Waals surface area contributed by atoms with Crippen LogP contribution in [0.15, 0.2) is 24.3 Å². The van der Waals surface area contributed by atoms with Crippen molar-refractivity contribution in [2.24, 2.45) is 0 Å². The first-order valence-corrected chi connectivity index (χ1v) is 8.20. The highest BCUT2D eigenvalue weighted by Crippen LogP contribution is 2.30. The standard InChI is InChI=1S/C17H20ClN3O/c1-2-6-16-15(12-22)17(20-9-3-4-10-20)21(19-16)14-8-5-7-13(18)11-14/h5,7-8,11-12H,2-4,6,9-10H2,1H3. The molecule has 116 valence electrons. The number of carbonyl (C=O) groups is 1. The summed E-state index contributed by atoms with van der Waals surface area (Å²) >= 11 is 6.12. The van der Waals surface area contributed by atoms with Crippen LogP contribution in [0.5, 0.6) is 0 Å². The third-order valence-electron chi connectivity index (χ3n) is 4.04. The van der Waals surface area contributed by atoms with Gasteiger partial charge in [-0.25, -0.2) is 4.68 Å². The first-order chi connectivity index (χ1) is 10.7. The second-order valence-electron chi connectivity index (χ2n) is 5.64. The number of aromatic nitrogens is 2. The molecule has 0 unspecified atom stereocenters. The highest BCUT2D eigenvalue weighted by Gasteiger charge is 2.25. The van der Waals surface area contributed by atoms with Gasteiger partial charge in [-0.3, -0.25) is 4.79 Å². The van der Waals surface area contributed by atoms with E-state index in [2.05, 4.69) is 11.8 Å². The molecule has 22 heavy (non-hydrogen) atoms. The number of aryl methyl sites for hydroxylation is 1. The lowest BCUT2D eigenvalue weighted by atomic mass is 10.1. The third-order valence-corrected chi connectivity index (χ3v) is 4.27. The van der Waals surface area contributed by atoms with E-state index in [1.807, 2.05) is 28.9 Å². The number of halogens is 1. The fourth-order valence-corrected chi connectivity index (χ4v) is 3.21. The Morgan fingerprint density at radius 2 is 2.09 bits per heavy atom. The van der Waals surface area contributed by atoms with Gasteiger partial charge in [0.1, 0.15) is 5.82 Å². The van der Waals surface area contributed by atoms with Gasteiger partial charge < -0.3 is 4.90 Å². The number of hydrogen-bond donors (Lipinski definition) is 0. The van der Waals surface area contributed by atoms with Crippen molar-refractivity contribution < 1.29 is 4.79 Å². The Bertz CT molecular complexity index is 675. The number of benzene rings is 1. The van der Waals surface area contributed by atoms with E-state index in [4.69, 9.17) is 16.7 Å². The van der Waals surface area contributed by atoms with Gasteiger partial charge in [-0.15, -0.1) is 0 Å². The molecule has 1 aliphatic heterocycles. The lowest BCUT2D eigenvalue weighted by molar-refractivity contribution is 0.112. The largest absolute Gasteiger partial charge is 0.356 e. The molecule has 0 atom stereocenters. The molecule has 0 N–H and O–H groups in total. The zero-order valence-electron chi connectivity index (χ0n) is 12.8. The summed E-state index contributed by atoms with van der Waals surface area (Å²) in [4.78, 5) is 13.9. The summed E-state index contributed by atoms with van der Waals surface area (Å²) in [5, 5.41) is 5.38. The molecule has 1 fully saturated rings. The van der Waals surface area contributed by atoms with Gasteiger partial charge in [-0.2, -0.15) is 5.10 Å². The molecule has 0 aliphatic carbocycles. The Balaban J connectivity index is 2.16. The van der Waals surface area contributed by atoms with Crippen molar-refractivity contribution >= 4 is 23.7 Å². The van der Waals surface area contributed by atoms with Crippen LogP contribution in [-0.2, 0) is 6.42 Å². The number of aldehydes is 1. The second-order valence-corrected chi connectivity index (χ2v) is 6.07. The van der Waals surface area contributed by atoms with E-state index in [1.165, 1.54) is 0 Å². The van der Waals surface area contributed by atoms with E-state index >= 15 is 0 Å². The molecular weight excluding hydrogens is 298 g/mol. The molecule has 5 heteroatoms. The maximum atomic E-state index is 11.7. The van der Waals surface area contributed by atoms with Crippen LogP contribution >= 0.6 is 11.6 Å². The van der Waals surface area contributed by atoms with Crippen LogP contribution in [0, 0.1) is 0 Å². The van der Waals surface area contributed by atoms with Crippen LogP contribution in [0.4, 0.5) is 5.82 Å². The third kappa shape index (κ3) is 2.75. The maximum absolute atomic E-state index is 11.7. The van der Waals surface area contributed by atoms with Crippen LogP contribution in [0.3, 0.4) is 0 Å². The minimum Gasteiger partial charge on any atom is -0.356 e. The summed E-state index contributed by atoms with van der Waals surface area (Å²) in [5.41, 5.74) is 2.50. The highest BCUT2D eigenvalue weighted by atomic mass is 35.5. The van der Waals surface area contributed by atoms with Crippen molar-refractivity contribution in [2.45, 2.75) is 32.6 Å². The van der Waals surface area contributed by atoms with Gasteiger partial charge in [-0.05, 0) is 37.5 Å². The van der Waals surface area contributed by atoms with E-state index in [9.17, 15) is 4.79 Å². The van der Waals surface area contributed by atoms with E-state index in [0.29, 0.717) is 5.02 Å². The molecule has 1 aromatic carbocycles. The predicted octanol–water partition coefficient (Wildman–Crippen LogP) is 3.89. The Morgan fingerprint density at radius 3 is 2.73 bits per heavy atom. The van der Waals surface area contributed by atoms with Crippen LogP contribution in [0.25, 0.3) is 5.69 Å². The van der Waals surface area contributed by atoms with E-state index < -0.39 is 0 Å². The SMILES string of the molecule is CCCc1nn(-c2cccc(Cl)c2)c(N2CCCC2)c1C=O. The first kappa shape index (κ1) is 15.1. The van der Waals surface area contributed by atoms with Crippen molar-refractivity contribution in [3.63, 3.8) is 0 Å². The normalized spacial score (nSPS) is 14.5. The summed E-state index contributed by atoms with van der Waals surface area (Å²) in [5.74, 6) is 0.915. The molecule has 2 aromatic rings. The highest BCUT2D eigenvalue weighted by molar-refractivity contribution is 6.30. The van der Waals surface area contributed by atoms with Gasteiger partial charge in [0.05, 0.1) is 16.9 Å². The molecule has 0 amide bonds. The molecule has 1 aromatic heterocycles. The Morgan fingerprint density at radius 1 is 1.32 bits per heavy atom. The lowest BCUT2D eigenvalue weighted by Gasteiger charge is -2.20. The van der Waals surface area contributed by atoms with Gasteiger partial charge >= 0.3 is 0 Å². The molecule has 1 aliphatic rings. The van der Waals surface area contributed by atoms with Crippen LogP contribution in [0.2, 0.25) is 5.02 Å². The van der Waals surface area contributed by atoms with Gasteiger partial charge in [0.15, 0.2) is 6.29 Å². The molecule has 0 radical (unpaired) electrons. The van der Waals surface area contributed by atoms with E-state index in [-0.39, 0.29) is 0 Å². The molecule has 0 saturated carbocycles. The molecule has 1 saturated heterocycles. The number of carbonyl (C=O) groups excluding carboxylic acids is 1. The fraction of sp³-hybridized carbons (Fsp3) is 0.412. The van der Waals surface area contributed by atoms with E-state index in [0.717, 1.165) is 67.8 Å². The summed E-state index contributed by atoms with van der Waals surface area (Å²) in [6.07, 6.45) is 5.03. The smallest absolute Gasteiger partial charge is 0.155 e. The van der Waals surface area contributed by atoms with Gasteiger partial charge in [0, 0.05) is 18.1 Å². The van der Waals surface area contributed by atoms with E-state index in [1.54, 1.807) is 0 Å². The average molecular weight is 318 g/mol. The number of anilines is 1. The minimum atomic E-state index is 0.671. The van der Waals surface area contributed by atoms with Gasteiger partial charge in [-0.1, -0.05) is 31.0 Å². The first-order valence-electron chi connectivity index (χ1n) is 7.82. The van der Waals surface area contributed by atoms with Crippen molar-refractivity contribution in [3.05, 3.63) is 40.5 Å². The molecule has 0 spiro atoms. The second kappa shape index (κ2) is 6.53. The molecule has 4 nitrogen and oxygen atoms in total. The van der Waals surface area contributed by atoms with Crippen molar-refractivity contribution in [3.8, 4) is 5.69 Å². The molecule has 0 bridgehead atoms. The lowest BCUT2D eigenvalue weighted by Crippen LogP contribution is -2.22. The molecule has 3 rings (SSSR count). The number of rotatable bonds is 5. The summed E-state index contributed by atoms with van der Waals surface area (Å²) in [6.45, 7) is 4.04. The zero-order valence-corrected chi connectivity index (χ0v) is 13.5. The average Bonchev–Trinajstić information content (AvgIpc) is 3.14. The van der Waals surface area contributed by atoms with Gasteiger partial charge in [0.2, 0.25) is 0 Å². The minimum absolute atomic E-state index is 0.671. The fourth-order valence-electron chi connectivity index (χ4n) is 3.03. The van der Waals surface area contributed by atoms with Crippen molar-refractivity contribution in [1.82, 2.24) is 9.78 Å². The van der Waals surface area contributed by atoms with Crippen LogP contribution in [-0.4, -0.2) is 29.2 Å². The van der Waals surface area contributed by atoms with Crippen molar-refractivity contribution in [1.29, 1.82) is 0 Å². The number of nitrogens with zero attached hydrogens (tertiary/aromatic N) is 3. The summed E-state index contributed by atoms with van der Waals surface area (Å²) in [6, 6.07) is 7.62. The predicted molar refractivity (Wildman–Crippen MR) is 89.4 cm³/mol. The van der Waals surface area contributed by atoms with Crippen LogP contribution < -0.4 is 4.90 Å². The Kier molecular flexibility index (Phi) is 4.48.